The Kier molecular flexibility index (Phi) is 8.28. The van der Waals surface area contributed by atoms with Crippen molar-refractivity contribution in [3.63, 3.8) is 0 Å². The van der Waals surface area contributed by atoms with Crippen molar-refractivity contribution in [2.45, 2.75) is 20.4 Å². The molecule has 0 saturated heterocycles. The van der Waals surface area contributed by atoms with Crippen LogP contribution in [0.4, 0.5) is 11.5 Å². The number of nitrogens with one attached hydrogen (secondary N) is 1. The second-order valence-corrected chi connectivity index (χ2v) is 7.82. The Hall–Kier alpha value is -2.55. The Morgan fingerprint density at radius 1 is 1.33 bits per heavy atom. The summed E-state index contributed by atoms with van der Waals surface area (Å²) in [7, 11) is 1.47. The first kappa shape index (κ1) is 23.7. The van der Waals surface area contributed by atoms with Crippen molar-refractivity contribution in [3.8, 4) is 0 Å². The van der Waals surface area contributed by atoms with Crippen molar-refractivity contribution >= 4 is 46.7 Å². The van der Waals surface area contributed by atoms with Crippen molar-refractivity contribution in [2.24, 2.45) is 5.92 Å². The maximum absolute atomic E-state index is 13.0. The van der Waals surface area contributed by atoms with E-state index in [-0.39, 0.29) is 37.1 Å². The molecule has 10 heteroatoms. The van der Waals surface area contributed by atoms with Crippen molar-refractivity contribution in [3.05, 3.63) is 60.7 Å². The van der Waals surface area contributed by atoms with Crippen LogP contribution in [0.1, 0.15) is 19.4 Å². The zero-order valence-corrected chi connectivity index (χ0v) is 18.5. The third-order valence-electron chi connectivity index (χ3n) is 4.18. The number of H-pyrrole nitrogens is 1. The van der Waals surface area contributed by atoms with Crippen LogP contribution in [0.3, 0.4) is 0 Å². The highest BCUT2D eigenvalue weighted by atomic mass is 35.5. The quantitative estimate of drug-likeness (QED) is 0.595. The molecule has 1 heterocycles. The molecule has 3 N–H and O–H groups in total. The SMILES string of the molecule is COCCN(C(=O)/C=C/c1cc(Cl)ccc1Cl)c1c(N)n(CC(C)C)c(=O)[nH]c1=O. The second-order valence-electron chi connectivity index (χ2n) is 6.98. The van der Waals surface area contributed by atoms with E-state index in [4.69, 9.17) is 33.7 Å². The minimum atomic E-state index is -0.754. The fourth-order valence-corrected chi connectivity index (χ4v) is 3.15. The van der Waals surface area contributed by atoms with Crippen LogP contribution in [0.2, 0.25) is 10.0 Å². The summed E-state index contributed by atoms with van der Waals surface area (Å²) in [6.45, 7) is 4.30. The summed E-state index contributed by atoms with van der Waals surface area (Å²) in [6, 6.07) is 4.85. The van der Waals surface area contributed by atoms with Crippen LogP contribution in [0.5, 0.6) is 0 Å². The molecule has 0 radical (unpaired) electrons. The monoisotopic (exact) mass is 454 g/mol. The number of halogens is 2. The predicted octanol–water partition coefficient (Wildman–Crippen LogP) is 2.77. The Balaban J connectivity index is 2.50. The van der Waals surface area contributed by atoms with Gasteiger partial charge in [-0.15, -0.1) is 0 Å². The number of hydrogen-bond acceptors (Lipinski definition) is 5. The molecular formula is C20H24Cl2N4O4. The average molecular weight is 455 g/mol. The van der Waals surface area contributed by atoms with E-state index < -0.39 is 17.2 Å². The molecule has 1 aromatic heterocycles. The Morgan fingerprint density at radius 3 is 2.67 bits per heavy atom. The summed E-state index contributed by atoms with van der Waals surface area (Å²) in [5.74, 6) is -0.525. The van der Waals surface area contributed by atoms with E-state index in [9.17, 15) is 14.4 Å². The number of rotatable bonds is 8. The van der Waals surface area contributed by atoms with Gasteiger partial charge in [0.1, 0.15) is 5.82 Å². The summed E-state index contributed by atoms with van der Waals surface area (Å²) in [5, 5.41) is 0.874. The molecule has 0 unspecified atom stereocenters. The zero-order chi connectivity index (χ0) is 22.4. The number of carbonyl (C=O) groups is 1. The molecule has 0 aliphatic heterocycles. The van der Waals surface area contributed by atoms with Gasteiger partial charge in [0.2, 0.25) is 0 Å². The highest BCUT2D eigenvalue weighted by molar-refractivity contribution is 6.34. The molecule has 0 aliphatic rings. The molecule has 1 amide bonds. The number of ether oxygens (including phenoxy) is 1. The van der Waals surface area contributed by atoms with Crippen LogP contribution in [0.25, 0.3) is 6.08 Å². The van der Waals surface area contributed by atoms with Crippen molar-refractivity contribution < 1.29 is 9.53 Å². The van der Waals surface area contributed by atoms with Crippen molar-refractivity contribution in [1.29, 1.82) is 0 Å². The minimum absolute atomic E-state index is 0.0517. The third-order valence-corrected chi connectivity index (χ3v) is 4.76. The number of nitrogens with zero attached hydrogens (tertiary/aromatic N) is 2. The number of methoxy groups -OCH3 is 1. The van der Waals surface area contributed by atoms with E-state index in [1.165, 1.54) is 28.7 Å². The van der Waals surface area contributed by atoms with Crippen LogP contribution in [-0.4, -0.2) is 35.7 Å². The molecule has 30 heavy (non-hydrogen) atoms. The highest BCUT2D eigenvalue weighted by Gasteiger charge is 2.23. The zero-order valence-electron chi connectivity index (χ0n) is 16.9. The number of nitrogen functional groups attached to an aromatic ring is 1. The number of anilines is 2. The highest BCUT2D eigenvalue weighted by Crippen LogP contribution is 2.23. The minimum Gasteiger partial charge on any atom is -0.383 e. The molecule has 0 aliphatic carbocycles. The largest absolute Gasteiger partial charge is 0.383 e. The topological polar surface area (TPSA) is 110 Å². The number of aromatic amines is 1. The lowest BCUT2D eigenvalue weighted by Gasteiger charge is -2.23. The van der Waals surface area contributed by atoms with Gasteiger partial charge in [-0.25, -0.2) is 4.79 Å². The van der Waals surface area contributed by atoms with Crippen LogP contribution in [-0.2, 0) is 16.1 Å². The molecule has 162 valence electrons. The first-order valence-electron chi connectivity index (χ1n) is 9.21. The molecule has 0 atom stereocenters. The van der Waals surface area contributed by atoms with Gasteiger partial charge in [-0.3, -0.25) is 24.0 Å². The molecule has 0 saturated carbocycles. The Bertz CT molecular complexity index is 1060. The summed E-state index contributed by atoms with van der Waals surface area (Å²) in [5.41, 5.74) is 5.18. The van der Waals surface area contributed by atoms with Crippen LogP contribution in [0.15, 0.2) is 33.9 Å². The predicted molar refractivity (Wildman–Crippen MR) is 120 cm³/mol. The molecular weight excluding hydrogens is 431 g/mol. The number of aromatic nitrogens is 2. The number of amides is 1. The van der Waals surface area contributed by atoms with Crippen LogP contribution < -0.4 is 21.9 Å². The summed E-state index contributed by atoms with van der Waals surface area (Å²) < 4.78 is 6.30. The Labute approximate surface area is 183 Å². The Morgan fingerprint density at radius 2 is 2.03 bits per heavy atom. The third kappa shape index (κ3) is 5.75. The lowest BCUT2D eigenvalue weighted by Crippen LogP contribution is -2.42. The lowest BCUT2D eigenvalue weighted by molar-refractivity contribution is -0.114. The van der Waals surface area contributed by atoms with Crippen molar-refractivity contribution in [1.82, 2.24) is 9.55 Å². The van der Waals surface area contributed by atoms with E-state index in [1.807, 2.05) is 13.8 Å². The molecule has 0 spiro atoms. The molecule has 2 aromatic rings. The van der Waals surface area contributed by atoms with Crippen LogP contribution >= 0.6 is 23.2 Å². The first-order chi connectivity index (χ1) is 14.1. The maximum atomic E-state index is 13.0. The fourth-order valence-electron chi connectivity index (χ4n) is 2.79. The van der Waals surface area contributed by atoms with Gasteiger partial charge in [0.05, 0.1) is 6.61 Å². The smallest absolute Gasteiger partial charge is 0.330 e. The number of nitrogens with two attached hydrogens (primary N) is 1. The normalized spacial score (nSPS) is 11.4. The van der Waals surface area contributed by atoms with E-state index in [0.717, 1.165) is 0 Å². The molecule has 0 fully saturated rings. The maximum Gasteiger partial charge on any atom is 0.330 e. The lowest BCUT2D eigenvalue weighted by atomic mass is 10.2. The molecule has 1 aromatic carbocycles. The number of carbonyl (C=O) groups excluding carboxylic acids is 1. The van der Waals surface area contributed by atoms with E-state index in [1.54, 1.807) is 18.2 Å². The van der Waals surface area contributed by atoms with E-state index in [0.29, 0.717) is 15.6 Å². The molecule has 2 rings (SSSR count). The van der Waals surface area contributed by atoms with Gasteiger partial charge in [-0.05, 0) is 35.8 Å². The molecule has 8 nitrogen and oxygen atoms in total. The van der Waals surface area contributed by atoms with E-state index in [2.05, 4.69) is 4.98 Å². The second kappa shape index (κ2) is 10.5. The van der Waals surface area contributed by atoms with Gasteiger partial charge in [-0.2, -0.15) is 0 Å². The van der Waals surface area contributed by atoms with Gasteiger partial charge in [0, 0.05) is 36.3 Å². The fraction of sp³-hybridized carbons (Fsp3) is 0.350. The number of benzene rings is 1. The van der Waals surface area contributed by atoms with Crippen molar-refractivity contribution in [2.75, 3.05) is 30.9 Å². The summed E-state index contributed by atoms with van der Waals surface area (Å²) in [6.07, 6.45) is 2.74. The van der Waals surface area contributed by atoms with E-state index >= 15 is 0 Å². The van der Waals surface area contributed by atoms with Gasteiger partial charge in [0.25, 0.3) is 11.5 Å². The van der Waals surface area contributed by atoms with Gasteiger partial charge < -0.3 is 10.5 Å². The summed E-state index contributed by atoms with van der Waals surface area (Å²) >= 11 is 12.1. The molecule has 0 bridgehead atoms. The van der Waals surface area contributed by atoms with Crippen LogP contribution in [0, 0.1) is 5.92 Å². The number of hydrogen-bond donors (Lipinski definition) is 2. The first-order valence-corrected chi connectivity index (χ1v) is 9.97. The van der Waals surface area contributed by atoms with Gasteiger partial charge in [-0.1, -0.05) is 37.0 Å². The standard InChI is InChI=1S/C20H24Cl2N4O4/c1-12(2)11-26-18(23)17(19(28)24-20(26)29)25(8-9-30-3)16(27)7-4-13-10-14(21)5-6-15(13)22/h4-7,10,12H,8-9,11,23H2,1-3H3,(H,24,28,29)/b7-4+. The van der Waals surface area contributed by atoms with Gasteiger partial charge in [0.15, 0.2) is 5.69 Å². The van der Waals surface area contributed by atoms with Gasteiger partial charge >= 0.3 is 5.69 Å². The summed E-state index contributed by atoms with van der Waals surface area (Å²) in [4.78, 5) is 41.1. The average Bonchev–Trinajstić information content (AvgIpc) is 2.67.